The lowest BCUT2D eigenvalue weighted by atomic mass is 10.3. The highest BCUT2D eigenvalue weighted by molar-refractivity contribution is 5.80. The van der Waals surface area contributed by atoms with Crippen LogP contribution in [0.1, 0.15) is 13.3 Å². The first-order valence-electron chi connectivity index (χ1n) is 2.79. The SMILES string of the molecule is CC12CC1NC(=O)N2. The summed E-state index contributed by atoms with van der Waals surface area (Å²) >= 11 is 0. The third kappa shape index (κ3) is 0.322. The van der Waals surface area contributed by atoms with Crippen molar-refractivity contribution < 1.29 is 4.79 Å². The van der Waals surface area contributed by atoms with Crippen LogP contribution in [0.15, 0.2) is 0 Å². The van der Waals surface area contributed by atoms with Gasteiger partial charge in [-0.3, -0.25) is 0 Å². The average molecular weight is 112 g/mol. The summed E-state index contributed by atoms with van der Waals surface area (Å²) in [7, 11) is 0. The Morgan fingerprint density at radius 2 is 2.62 bits per heavy atom. The summed E-state index contributed by atoms with van der Waals surface area (Å²) in [6, 6.07) is 0.416. The number of nitrogens with one attached hydrogen (secondary N) is 2. The Morgan fingerprint density at radius 1 is 1.88 bits per heavy atom. The van der Waals surface area contributed by atoms with Crippen LogP contribution >= 0.6 is 0 Å². The predicted molar refractivity (Wildman–Crippen MR) is 28.5 cm³/mol. The zero-order valence-corrected chi connectivity index (χ0v) is 4.69. The van der Waals surface area contributed by atoms with E-state index >= 15 is 0 Å². The fourth-order valence-electron chi connectivity index (χ4n) is 1.17. The third-order valence-corrected chi connectivity index (χ3v) is 1.94. The largest absolute Gasteiger partial charge is 0.333 e. The third-order valence-electron chi connectivity index (χ3n) is 1.94. The Bertz CT molecular complexity index is 157. The minimum absolute atomic E-state index is 0.0104. The molecule has 2 N–H and O–H groups in total. The van der Waals surface area contributed by atoms with Gasteiger partial charge in [0.1, 0.15) is 0 Å². The van der Waals surface area contributed by atoms with Gasteiger partial charge in [-0.25, -0.2) is 4.79 Å². The Morgan fingerprint density at radius 3 is 2.88 bits per heavy atom. The Balaban J connectivity index is 2.21. The highest BCUT2D eigenvalue weighted by Gasteiger charge is 2.56. The van der Waals surface area contributed by atoms with Gasteiger partial charge in [0.2, 0.25) is 0 Å². The second-order valence-electron chi connectivity index (χ2n) is 2.77. The number of hydrogen-bond acceptors (Lipinski definition) is 1. The van der Waals surface area contributed by atoms with Crippen LogP contribution in [0.2, 0.25) is 0 Å². The van der Waals surface area contributed by atoms with Crippen molar-refractivity contribution >= 4 is 6.03 Å². The molecule has 0 aromatic rings. The van der Waals surface area contributed by atoms with Crippen LogP contribution in [0.25, 0.3) is 0 Å². The van der Waals surface area contributed by atoms with Crippen LogP contribution in [0.5, 0.6) is 0 Å². The summed E-state index contributed by atoms with van der Waals surface area (Å²) in [5, 5.41) is 5.60. The van der Waals surface area contributed by atoms with Crippen molar-refractivity contribution in [1.29, 1.82) is 0 Å². The summed E-state index contributed by atoms with van der Waals surface area (Å²) in [6.07, 6.45) is 1.10. The van der Waals surface area contributed by atoms with Crippen molar-refractivity contribution in [2.24, 2.45) is 0 Å². The molecule has 0 aromatic carbocycles. The van der Waals surface area contributed by atoms with Gasteiger partial charge in [0.05, 0.1) is 11.6 Å². The normalized spacial score (nSPS) is 49.6. The van der Waals surface area contributed by atoms with E-state index in [9.17, 15) is 4.79 Å². The van der Waals surface area contributed by atoms with Crippen LogP contribution in [0.4, 0.5) is 4.79 Å². The second-order valence-corrected chi connectivity index (χ2v) is 2.77. The van der Waals surface area contributed by atoms with Crippen LogP contribution in [-0.2, 0) is 0 Å². The van der Waals surface area contributed by atoms with E-state index in [4.69, 9.17) is 0 Å². The quantitative estimate of drug-likeness (QED) is 0.449. The highest BCUT2D eigenvalue weighted by Crippen LogP contribution is 2.38. The Kier molecular flexibility index (Phi) is 0.447. The number of hydrogen-bond donors (Lipinski definition) is 2. The molecule has 1 saturated carbocycles. The summed E-state index contributed by atoms with van der Waals surface area (Å²) in [5.41, 5.74) is 0.122. The Labute approximate surface area is 47.4 Å². The first-order valence-corrected chi connectivity index (χ1v) is 2.79. The molecular formula is C5H8N2O. The molecule has 1 saturated heterocycles. The van der Waals surface area contributed by atoms with Gasteiger partial charge in [-0.15, -0.1) is 0 Å². The molecule has 0 radical (unpaired) electrons. The van der Waals surface area contributed by atoms with E-state index in [0.717, 1.165) is 6.42 Å². The zero-order chi connectivity index (χ0) is 5.78. The maximum Gasteiger partial charge on any atom is 0.315 e. The molecule has 2 unspecified atom stereocenters. The molecule has 0 bridgehead atoms. The molecule has 2 fully saturated rings. The van der Waals surface area contributed by atoms with Crippen LogP contribution in [-0.4, -0.2) is 17.6 Å². The molecular weight excluding hydrogens is 104 g/mol. The van der Waals surface area contributed by atoms with Crippen LogP contribution in [0.3, 0.4) is 0 Å². The monoisotopic (exact) mass is 112 g/mol. The molecule has 1 heterocycles. The average Bonchev–Trinajstić information content (AvgIpc) is 2.07. The summed E-state index contributed by atoms with van der Waals surface area (Å²) in [5.74, 6) is 0. The van der Waals surface area contributed by atoms with Crippen molar-refractivity contribution in [3.63, 3.8) is 0 Å². The molecule has 0 spiro atoms. The standard InChI is InChI=1S/C5H8N2O/c1-5-2-3(5)6-4(8)7-5/h3H,2H2,1H3,(H2,6,7,8). The van der Waals surface area contributed by atoms with Crippen molar-refractivity contribution in [2.75, 3.05) is 0 Å². The van der Waals surface area contributed by atoms with Crippen molar-refractivity contribution in [3.05, 3.63) is 0 Å². The van der Waals surface area contributed by atoms with Crippen LogP contribution in [0, 0.1) is 0 Å². The fourth-order valence-corrected chi connectivity index (χ4v) is 1.17. The van der Waals surface area contributed by atoms with Gasteiger partial charge < -0.3 is 10.6 Å². The Hall–Kier alpha value is -0.730. The molecule has 3 heteroatoms. The van der Waals surface area contributed by atoms with E-state index in [1.807, 2.05) is 0 Å². The first-order chi connectivity index (χ1) is 3.71. The van der Waals surface area contributed by atoms with E-state index in [1.54, 1.807) is 0 Å². The topological polar surface area (TPSA) is 41.1 Å². The molecule has 1 aliphatic carbocycles. The molecule has 2 rings (SSSR count). The second kappa shape index (κ2) is 0.855. The first kappa shape index (κ1) is 4.18. The lowest BCUT2D eigenvalue weighted by molar-refractivity contribution is 0.244. The minimum atomic E-state index is -0.0104. The van der Waals surface area contributed by atoms with Crippen molar-refractivity contribution in [2.45, 2.75) is 24.9 Å². The van der Waals surface area contributed by atoms with Crippen LogP contribution < -0.4 is 10.6 Å². The summed E-state index contributed by atoms with van der Waals surface area (Å²) in [4.78, 5) is 10.5. The summed E-state index contributed by atoms with van der Waals surface area (Å²) < 4.78 is 0. The number of urea groups is 1. The number of amides is 2. The maximum absolute atomic E-state index is 10.5. The van der Waals surface area contributed by atoms with Gasteiger partial charge in [-0.05, 0) is 13.3 Å². The van der Waals surface area contributed by atoms with Gasteiger partial charge in [-0.2, -0.15) is 0 Å². The van der Waals surface area contributed by atoms with Gasteiger partial charge in [0, 0.05) is 0 Å². The van der Waals surface area contributed by atoms with Gasteiger partial charge in [0.15, 0.2) is 0 Å². The fraction of sp³-hybridized carbons (Fsp3) is 0.800. The molecule has 0 aromatic heterocycles. The molecule has 2 aliphatic rings. The predicted octanol–water partition coefficient (Wildman–Crippen LogP) is -0.170. The lowest BCUT2D eigenvalue weighted by Crippen LogP contribution is -2.31. The van der Waals surface area contributed by atoms with E-state index in [0.29, 0.717) is 6.04 Å². The number of carbonyl (C=O) groups excluding carboxylic acids is 1. The van der Waals surface area contributed by atoms with Gasteiger partial charge in [0.25, 0.3) is 0 Å². The highest BCUT2D eigenvalue weighted by atomic mass is 16.2. The molecule has 8 heavy (non-hydrogen) atoms. The van der Waals surface area contributed by atoms with Crippen molar-refractivity contribution in [1.82, 2.24) is 10.6 Å². The molecule has 3 nitrogen and oxygen atoms in total. The number of rotatable bonds is 0. The molecule has 1 aliphatic heterocycles. The maximum atomic E-state index is 10.5. The minimum Gasteiger partial charge on any atom is -0.333 e. The summed E-state index contributed by atoms with van der Waals surface area (Å²) in [6.45, 7) is 2.05. The molecule has 2 amide bonds. The van der Waals surface area contributed by atoms with Crippen molar-refractivity contribution in [3.8, 4) is 0 Å². The van der Waals surface area contributed by atoms with E-state index < -0.39 is 0 Å². The van der Waals surface area contributed by atoms with Gasteiger partial charge >= 0.3 is 6.03 Å². The zero-order valence-electron chi connectivity index (χ0n) is 4.69. The molecule has 2 atom stereocenters. The number of fused-ring (bicyclic) bond motifs is 1. The smallest absolute Gasteiger partial charge is 0.315 e. The van der Waals surface area contributed by atoms with E-state index in [2.05, 4.69) is 17.6 Å². The van der Waals surface area contributed by atoms with E-state index in [-0.39, 0.29) is 11.6 Å². The van der Waals surface area contributed by atoms with Gasteiger partial charge in [-0.1, -0.05) is 0 Å². The lowest BCUT2D eigenvalue weighted by Gasteiger charge is -2.00. The van der Waals surface area contributed by atoms with E-state index in [1.165, 1.54) is 0 Å². The molecule has 44 valence electrons. The number of carbonyl (C=O) groups is 1.